The van der Waals surface area contributed by atoms with Crippen LogP contribution in [0.1, 0.15) is 17.5 Å². The fourth-order valence-electron chi connectivity index (χ4n) is 3.27. The van der Waals surface area contributed by atoms with Crippen molar-refractivity contribution in [3.05, 3.63) is 66.0 Å². The van der Waals surface area contributed by atoms with Gasteiger partial charge in [-0.2, -0.15) is 0 Å². The number of anilines is 1. The lowest BCUT2D eigenvalue weighted by atomic mass is 10.1. The largest absolute Gasteiger partial charge is 0.493 e. The van der Waals surface area contributed by atoms with Gasteiger partial charge < -0.3 is 29.0 Å². The van der Waals surface area contributed by atoms with E-state index in [0.29, 0.717) is 47.5 Å². The SMILES string of the molecule is COc1ccc(NC(=O)CCc2cc(OC)c(OC)c(OC)c2)cc1OCc1ccncc1. The molecule has 174 valence electrons. The van der Waals surface area contributed by atoms with E-state index in [1.54, 1.807) is 59.0 Å². The highest BCUT2D eigenvalue weighted by Gasteiger charge is 2.14. The normalized spacial score (nSPS) is 10.3. The Balaban J connectivity index is 1.64. The molecular formula is C25H28N2O6. The number of hydrogen-bond donors (Lipinski definition) is 1. The summed E-state index contributed by atoms with van der Waals surface area (Å²) < 4.78 is 27.4. The molecule has 1 heterocycles. The molecule has 0 aliphatic rings. The fraction of sp³-hybridized carbons (Fsp3) is 0.280. The van der Waals surface area contributed by atoms with E-state index in [1.165, 1.54) is 0 Å². The van der Waals surface area contributed by atoms with E-state index < -0.39 is 0 Å². The maximum atomic E-state index is 12.6. The number of nitrogens with one attached hydrogen (secondary N) is 1. The second-order valence-corrected chi connectivity index (χ2v) is 7.09. The van der Waals surface area contributed by atoms with Gasteiger partial charge in [0.1, 0.15) is 6.61 Å². The lowest BCUT2D eigenvalue weighted by Gasteiger charge is -2.14. The number of hydrogen-bond acceptors (Lipinski definition) is 7. The number of carbonyl (C=O) groups is 1. The Labute approximate surface area is 193 Å². The van der Waals surface area contributed by atoms with Crippen molar-refractivity contribution in [1.82, 2.24) is 4.98 Å². The van der Waals surface area contributed by atoms with Crippen LogP contribution in [-0.2, 0) is 17.8 Å². The summed E-state index contributed by atoms with van der Waals surface area (Å²) >= 11 is 0. The van der Waals surface area contributed by atoms with Crippen molar-refractivity contribution in [3.8, 4) is 28.7 Å². The highest BCUT2D eigenvalue weighted by atomic mass is 16.5. The minimum Gasteiger partial charge on any atom is -0.493 e. The lowest BCUT2D eigenvalue weighted by Crippen LogP contribution is -2.12. The summed E-state index contributed by atoms with van der Waals surface area (Å²) in [7, 11) is 6.25. The second-order valence-electron chi connectivity index (χ2n) is 7.09. The number of benzene rings is 2. The van der Waals surface area contributed by atoms with Gasteiger partial charge in [0.25, 0.3) is 0 Å². The van der Waals surface area contributed by atoms with Gasteiger partial charge >= 0.3 is 0 Å². The summed E-state index contributed by atoms with van der Waals surface area (Å²) in [5.41, 5.74) is 2.50. The van der Waals surface area contributed by atoms with Crippen LogP contribution in [0.25, 0.3) is 0 Å². The molecule has 8 nitrogen and oxygen atoms in total. The average molecular weight is 453 g/mol. The van der Waals surface area contributed by atoms with Crippen LogP contribution in [0.15, 0.2) is 54.9 Å². The van der Waals surface area contributed by atoms with E-state index in [9.17, 15) is 4.79 Å². The van der Waals surface area contributed by atoms with Crippen molar-refractivity contribution in [3.63, 3.8) is 0 Å². The third-order valence-corrected chi connectivity index (χ3v) is 4.96. The predicted octanol–water partition coefficient (Wildman–Crippen LogP) is 4.27. The highest BCUT2D eigenvalue weighted by molar-refractivity contribution is 5.91. The van der Waals surface area contributed by atoms with Gasteiger partial charge in [0, 0.05) is 30.6 Å². The van der Waals surface area contributed by atoms with Gasteiger partial charge in [-0.15, -0.1) is 0 Å². The summed E-state index contributed by atoms with van der Waals surface area (Å²) in [6.45, 7) is 0.359. The van der Waals surface area contributed by atoms with E-state index in [-0.39, 0.29) is 12.3 Å². The minimum absolute atomic E-state index is 0.131. The molecule has 0 unspecified atom stereocenters. The Bertz CT molecular complexity index is 1050. The molecule has 0 bridgehead atoms. The van der Waals surface area contributed by atoms with Crippen LogP contribution in [0, 0.1) is 0 Å². The van der Waals surface area contributed by atoms with E-state index in [4.69, 9.17) is 23.7 Å². The quantitative estimate of drug-likeness (QED) is 0.465. The Kier molecular flexibility index (Phi) is 8.35. The number of methoxy groups -OCH3 is 4. The number of rotatable bonds is 11. The van der Waals surface area contributed by atoms with Crippen molar-refractivity contribution in [1.29, 1.82) is 0 Å². The van der Waals surface area contributed by atoms with Crippen LogP contribution >= 0.6 is 0 Å². The molecule has 0 aliphatic heterocycles. The van der Waals surface area contributed by atoms with Crippen molar-refractivity contribution in [2.75, 3.05) is 33.8 Å². The third-order valence-electron chi connectivity index (χ3n) is 4.96. The highest BCUT2D eigenvalue weighted by Crippen LogP contribution is 2.38. The van der Waals surface area contributed by atoms with Crippen LogP contribution in [0.5, 0.6) is 28.7 Å². The molecule has 0 spiro atoms. The fourth-order valence-corrected chi connectivity index (χ4v) is 3.27. The molecular weight excluding hydrogens is 424 g/mol. The summed E-state index contributed by atoms with van der Waals surface area (Å²) in [5, 5.41) is 2.91. The van der Waals surface area contributed by atoms with Crippen molar-refractivity contribution >= 4 is 11.6 Å². The minimum atomic E-state index is -0.131. The number of aryl methyl sites for hydroxylation is 1. The molecule has 0 saturated carbocycles. The van der Waals surface area contributed by atoms with Crippen molar-refractivity contribution in [2.45, 2.75) is 19.4 Å². The van der Waals surface area contributed by atoms with Crippen LogP contribution in [-0.4, -0.2) is 39.3 Å². The average Bonchev–Trinajstić information content (AvgIpc) is 2.86. The molecule has 3 rings (SSSR count). The Morgan fingerprint density at radius 3 is 2.06 bits per heavy atom. The first-order chi connectivity index (χ1) is 16.1. The standard InChI is InChI=1S/C25H28N2O6/c1-29-20-7-6-19(15-21(20)33-16-17-9-11-26-12-10-17)27-24(28)8-5-18-13-22(30-2)25(32-4)23(14-18)31-3/h6-7,9-15H,5,8,16H2,1-4H3,(H,27,28). The van der Waals surface area contributed by atoms with Crippen molar-refractivity contribution < 1.29 is 28.5 Å². The van der Waals surface area contributed by atoms with Crippen LogP contribution in [0.3, 0.4) is 0 Å². The van der Waals surface area contributed by atoms with Gasteiger partial charge in [-0.05, 0) is 53.9 Å². The first-order valence-electron chi connectivity index (χ1n) is 10.4. The van der Waals surface area contributed by atoms with Gasteiger partial charge in [0.15, 0.2) is 23.0 Å². The Hall–Kier alpha value is -3.94. The number of ether oxygens (including phenoxy) is 5. The van der Waals surface area contributed by atoms with Crippen molar-refractivity contribution in [2.24, 2.45) is 0 Å². The van der Waals surface area contributed by atoms with Crippen LogP contribution in [0.2, 0.25) is 0 Å². The first-order valence-corrected chi connectivity index (χ1v) is 10.4. The zero-order valence-corrected chi connectivity index (χ0v) is 19.2. The summed E-state index contributed by atoms with van der Waals surface area (Å²) in [6, 6.07) is 12.7. The first kappa shape index (κ1) is 23.7. The summed E-state index contributed by atoms with van der Waals surface area (Å²) in [5.74, 6) is 2.62. The molecule has 0 saturated heterocycles. The van der Waals surface area contributed by atoms with E-state index in [0.717, 1.165) is 11.1 Å². The maximum Gasteiger partial charge on any atom is 0.224 e. The summed E-state index contributed by atoms with van der Waals surface area (Å²) in [6.07, 6.45) is 4.20. The maximum absolute atomic E-state index is 12.6. The van der Waals surface area contributed by atoms with E-state index >= 15 is 0 Å². The van der Waals surface area contributed by atoms with E-state index in [1.807, 2.05) is 24.3 Å². The number of pyridine rings is 1. The molecule has 3 aromatic rings. The molecule has 1 amide bonds. The molecule has 1 aromatic heterocycles. The van der Waals surface area contributed by atoms with Crippen LogP contribution < -0.4 is 29.0 Å². The third kappa shape index (κ3) is 6.29. The number of nitrogens with zero attached hydrogens (tertiary/aromatic N) is 1. The zero-order chi connectivity index (χ0) is 23.6. The molecule has 0 radical (unpaired) electrons. The van der Waals surface area contributed by atoms with Crippen LogP contribution in [0.4, 0.5) is 5.69 Å². The number of aromatic nitrogens is 1. The zero-order valence-electron chi connectivity index (χ0n) is 19.2. The smallest absolute Gasteiger partial charge is 0.224 e. The number of amides is 1. The lowest BCUT2D eigenvalue weighted by molar-refractivity contribution is -0.116. The molecule has 0 fully saturated rings. The second kappa shape index (κ2) is 11.6. The molecule has 0 atom stereocenters. The van der Waals surface area contributed by atoms with Gasteiger partial charge in [0.05, 0.1) is 28.4 Å². The number of carbonyl (C=O) groups excluding carboxylic acids is 1. The predicted molar refractivity (Wildman–Crippen MR) is 125 cm³/mol. The van der Waals surface area contributed by atoms with E-state index in [2.05, 4.69) is 10.3 Å². The molecule has 8 heteroatoms. The monoisotopic (exact) mass is 452 g/mol. The van der Waals surface area contributed by atoms with Gasteiger partial charge in [-0.1, -0.05) is 0 Å². The molecule has 0 aliphatic carbocycles. The molecule has 33 heavy (non-hydrogen) atoms. The Morgan fingerprint density at radius 2 is 1.45 bits per heavy atom. The summed E-state index contributed by atoms with van der Waals surface area (Å²) in [4.78, 5) is 16.6. The van der Waals surface area contributed by atoms with Gasteiger partial charge in [-0.25, -0.2) is 0 Å². The molecule has 1 N–H and O–H groups in total. The Morgan fingerprint density at radius 1 is 0.788 bits per heavy atom. The van der Waals surface area contributed by atoms with Gasteiger partial charge in [0.2, 0.25) is 11.7 Å². The topological polar surface area (TPSA) is 88.1 Å². The molecule has 2 aromatic carbocycles. The van der Waals surface area contributed by atoms with Gasteiger partial charge in [-0.3, -0.25) is 9.78 Å².